The summed E-state index contributed by atoms with van der Waals surface area (Å²) in [6.45, 7) is 1.42. The number of carbonyl (C=O) groups excluding carboxylic acids is 2. The van der Waals surface area contributed by atoms with Gasteiger partial charge in [-0.3, -0.25) is 4.79 Å². The molecule has 0 saturated heterocycles. The molecular formula is C17H12BrFN2O3. The molecule has 0 aromatic heterocycles. The standard InChI is InChI=1S/C17H12BrFN2O3/c1-10(16(22)21-13-4-2-3-11(7-13)9-20)24-17(23)14-6-5-12(19)8-15(14)18/h2-8,10H,1H3,(H,21,22)/t10-/m0/s1. The van der Waals surface area contributed by atoms with Crippen LogP contribution in [-0.2, 0) is 9.53 Å². The monoisotopic (exact) mass is 390 g/mol. The van der Waals surface area contributed by atoms with Crippen molar-refractivity contribution in [3.63, 3.8) is 0 Å². The zero-order chi connectivity index (χ0) is 17.7. The van der Waals surface area contributed by atoms with E-state index in [0.717, 1.165) is 12.1 Å². The summed E-state index contributed by atoms with van der Waals surface area (Å²) in [7, 11) is 0. The molecule has 0 aliphatic carbocycles. The van der Waals surface area contributed by atoms with Gasteiger partial charge >= 0.3 is 5.97 Å². The van der Waals surface area contributed by atoms with Crippen LogP contribution in [-0.4, -0.2) is 18.0 Å². The van der Waals surface area contributed by atoms with E-state index < -0.39 is 23.8 Å². The quantitative estimate of drug-likeness (QED) is 0.808. The molecule has 24 heavy (non-hydrogen) atoms. The van der Waals surface area contributed by atoms with E-state index in [4.69, 9.17) is 10.00 Å². The SMILES string of the molecule is C[C@H](OC(=O)c1ccc(F)cc1Br)C(=O)Nc1cccc(C#N)c1. The second kappa shape index (κ2) is 7.70. The van der Waals surface area contributed by atoms with Gasteiger partial charge in [-0.1, -0.05) is 6.07 Å². The largest absolute Gasteiger partial charge is 0.449 e. The molecule has 0 unspecified atom stereocenters. The zero-order valence-corrected chi connectivity index (χ0v) is 14.1. The van der Waals surface area contributed by atoms with E-state index in [0.29, 0.717) is 11.3 Å². The summed E-state index contributed by atoms with van der Waals surface area (Å²) in [6, 6.07) is 11.8. The first kappa shape index (κ1) is 17.6. The highest BCUT2D eigenvalue weighted by Gasteiger charge is 2.20. The van der Waals surface area contributed by atoms with Gasteiger partial charge < -0.3 is 10.1 Å². The number of halogens is 2. The molecule has 5 nitrogen and oxygen atoms in total. The second-order valence-corrected chi connectivity index (χ2v) is 5.71. The van der Waals surface area contributed by atoms with Gasteiger partial charge in [0.05, 0.1) is 17.2 Å². The van der Waals surface area contributed by atoms with Crippen LogP contribution < -0.4 is 5.32 Å². The van der Waals surface area contributed by atoms with E-state index in [1.54, 1.807) is 18.2 Å². The number of nitrogens with one attached hydrogen (secondary N) is 1. The highest BCUT2D eigenvalue weighted by molar-refractivity contribution is 9.10. The van der Waals surface area contributed by atoms with E-state index >= 15 is 0 Å². The van der Waals surface area contributed by atoms with Gasteiger partial charge in [-0.15, -0.1) is 0 Å². The molecule has 0 aliphatic heterocycles. The molecule has 1 atom stereocenters. The predicted molar refractivity (Wildman–Crippen MR) is 88.8 cm³/mol. The predicted octanol–water partition coefficient (Wildman–Crippen LogP) is 3.64. The van der Waals surface area contributed by atoms with Crippen LogP contribution in [0.15, 0.2) is 46.9 Å². The Morgan fingerprint density at radius 3 is 2.71 bits per heavy atom. The average molecular weight is 391 g/mol. The fourth-order valence-electron chi connectivity index (χ4n) is 1.84. The van der Waals surface area contributed by atoms with Crippen LogP contribution in [0.3, 0.4) is 0 Å². The fraction of sp³-hybridized carbons (Fsp3) is 0.118. The molecule has 0 bridgehead atoms. The number of nitrogens with zero attached hydrogens (tertiary/aromatic N) is 1. The highest BCUT2D eigenvalue weighted by Crippen LogP contribution is 2.19. The maximum atomic E-state index is 13.0. The maximum Gasteiger partial charge on any atom is 0.340 e. The Labute approximate surface area is 146 Å². The van der Waals surface area contributed by atoms with Crippen LogP contribution >= 0.6 is 15.9 Å². The average Bonchev–Trinajstić information content (AvgIpc) is 2.54. The Balaban J connectivity index is 2.03. The summed E-state index contributed by atoms with van der Waals surface area (Å²) in [4.78, 5) is 24.1. The van der Waals surface area contributed by atoms with Gasteiger partial charge in [0.2, 0.25) is 0 Å². The van der Waals surface area contributed by atoms with E-state index in [1.807, 2.05) is 6.07 Å². The molecule has 7 heteroatoms. The Bertz CT molecular complexity index is 833. The van der Waals surface area contributed by atoms with Crippen LogP contribution in [0.4, 0.5) is 10.1 Å². The summed E-state index contributed by atoms with van der Waals surface area (Å²) in [5.41, 5.74) is 0.931. The van der Waals surface area contributed by atoms with Crippen molar-refractivity contribution in [1.82, 2.24) is 0 Å². The fourth-order valence-corrected chi connectivity index (χ4v) is 2.36. The Hall–Kier alpha value is -2.72. The third-order valence-electron chi connectivity index (χ3n) is 3.06. The number of nitriles is 1. The van der Waals surface area contributed by atoms with Crippen molar-refractivity contribution in [3.05, 3.63) is 63.9 Å². The number of ether oxygens (including phenoxy) is 1. The zero-order valence-electron chi connectivity index (χ0n) is 12.5. The number of benzene rings is 2. The number of carbonyl (C=O) groups is 2. The van der Waals surface area contributed by atoms with Gasteiger partial charge in [0.1, 0.15) is 5.82 Å². The first-order chi connectivity index (χ1) is 11.4. The van der Waals surface area contributed by atoms with Crippen LogP contribution in [0.5, 0.6) is 0 Å². The van der Waals surface area contributed by atoms with Crippen LogP contribution in [0.2, 0.25) is 0 Å². The number of rotatable bonds is 4. The first-order valence-electron chi connectivity index (χ1n) is 6.88. The Kier molecular flexibility index (Phi) is 5.66. The summed E-state index contributed by atoms with van der Waals surface area (Å²) >= 11 is 3.07. The number of anilines is 1. The van der Waals surface area contributed by atoms with Crippen LogP contribution in [0, 0.1) is 17.1 Å². The Morgan fingerprint density at radius 2 is 2.04 bits per heavy atom. The van der Waals surface area contributed by atoms with Crippen molar-refractivity contribution in [2.24, 2.45) is 0 Å². The van der Waals surface area contributed by atoms with Crippen LogP contribution in [0.1, 0.15) is 22.8 Å². The lowest BCUT2D eigenvalue weighted by Crippen LogP contribution is -2.30. The van der Waals surface area contributed by atoms with Crippen molar-refractivity contribution in [2.45, 2.75) is 13.0 Å². The van der Waals surface area contributed by atoms with E-state index in [9.17, 15) is 14.0 Å². The van der Waals surface area contributed by atoms with Gasteiger partial charge in [0.25, 0.3) is 5.91 Å². The lowest BCUT2D eigenvalue weighted by atomic mass is 10.2. The van der Waals surface area contributed by atoms with E-state index in [-0.39, 0.29) is 10.0 Å². The molecule has 0 fully saturated rings. The first-order valence-corrected chi connectivity index (χ1v) is 7.67. The molecule has 0 radical (unpaired) electrons. The summed E-state index contributed by atoms with van der Waals surface area (Å²) < 4.78 is 18.4. The van der Waals surface area contributed by atoms with Gasteiger partial charge in [-0.2, -0.15) is 5.26 Å². The minimum absolute atomic E-state index is 0.113. The van der Waals surface area contributed by atoms with Crippen molar-refractivity contribution >= 4 is 33.5 Å². The number of esters is 1. The van der Waals surface area contributed by atoms with Gasteiger partial charge in [-0.25, -0.2) is 9.18 Å². The topological polar surface area (TPSA) is 79.2 Å². The van der Waals surface area contributed by atoms with Gasteiger partial charge in [-0.05, 0) is 59.3 Å². The molecular weight excluding hydrogens is 379 g/mol. The van der Waals surface area contributed by atoms with Gasteiger partial charge in [0, 0.05) is 10.2 Å². The molecule has 0 saturated carbocycles. The molecule has 0 heterocycles. The minimum Gasteiger partial charge on any atom is -0.449 e. The molecule has 1 amide bonds. The third kappa shape index (κ3) is 4.40. The summed E-state index contributed by atoms with van der Waals surface area (Å²) in [5, 5.41) is 11.4. The van der Waals surface area contributed by atoms with Crippen molar-refractivity contribution in [1.29, 1.82) is 5.26 Å². The smallest absolute Gasteiger partial charge is 0.340 e. The van der Waals surface area contributed by atoms with Gasteiger partial charge in [0.15, 0.2) is 6.10 Å². The number of amides is 1. The summed E-state index contributed by atoms with van der Waals surface area (Å²) in [6.07, 6.45) is -1.07. The molecule has 122 valence electrons. The van der Waals surface area contributed by atoms with E-state index in [1.165, 1.54) is 19.1 Å². The maximum absolute atomic E-state index is 13.0. The Morgan fingerprint density at radius 1 is 1.29 bits per heavy atom. The lowest BCUT2D eigenvalue weighted by Gasteiger charge is -2.14. The molecule has 2 aromatic rings. The van der Waals surface area contributed by atoms with Crippen LogP contribution in [0.25, 0.3) is 0 Å². The number of hydrogen-bond donors (Lipinski definition) is 1. The van der Waals surface area contributed by atoms with E-state index in [2.05, 4.69) is 21.2 Å². The molecule has 0 aliphatic rings. The van der Waals surface area contributed by atoms with Crippen molar-refractivity contribution in [3.8, 4) is 6.07 Å². The third-order valence-corrected chi connectivity index (χ3v) is 3.72. The van der Waals surface area contributed by atoms with Crippen molar-refractivity contribution < 1.29 is 18.7 Å². The molecule has 1 N–H and O–H groups in total. The second-order valence-electron chi connectivity index (χ2n) is 4.85. The summed E-state index contributed by atoms with van der Waals surface area (Å²) in [5.74, 6) is -1.80. The lowest BCUT2D eigenvalue weighted by molar-refractivity contribution is -0.123. The molecule has 2 aromatic carbocycles. The number of hydrogen-bond acceptors (Lipinski definition) is 4. The van der Waals surface area contributed by atoms with Crippen molar-refractivity contribution in [2.75, 3.05) is 5.32 Å². The normalized spacial score (nSPS) is 11.2. The molecule has 2 rings (SSSR count). The molecule has 0 spiro atoms. The highest BCUT2D eigenvalue weighted by atomic mass is 79.9. The minimum atomic E-state index is -1.07.